The van der Waals surface area contributed by atoms with Gasteiger partial charge in [-0.15, -0.1) is 5.10 Å². The van der Waals surface area contributed by atoms with Gasteiger partial charge in [-0.05, 0) is 12.1 Å². The lowest BCUT2D eigenvalue weighted by atomic mass is 10.2. The van der Waals surface area contributed by atoms with Crippen LogP contribution in [-0.4, -0.2) is 46.7 Å². The summed E-state index contributed by atoms with van der Waals surface area (Å²) >= 11 is 0. The van der Waals surface area contributed by atoms with Crippen molar-refractivity contribution in [2.24, 2.45) is 5.14 Å². The van der Waals surface area contributed by atoms with Crippen molar-refractivity contribution in [3.05, 3.63) is 42.2 Å². The van der Waals surface area contributed by atoms with E-state index in [1.54, 1.807) is 10.9 Å². The fourth-order valence-corrected chi connectivity index (χ4v) is 3.08. The number of hydrogen-bond donors (Lipinski definition) is 1. The Morgan fingerprint density at radius 3 is 2.60 bits per heavy atom. The number of hydrogen-bond acceptors (Lipinski definition) is 5. The molecule has 0 saturated carbocycles. The second-order valence-corrected chi connectivity index (χ2v) is 6.72. The van der Waals surface area contributed by atoms with Crippen LogP contribution >= 0.6 is 0 Å². The first-order chi connectivity index (χ1) is 9.54. The van der Waals surface area contributed by atoms with Gasteiger partial charge in [0.05, 0.1) is 17.6 Å². The van der Waals surface area contributed by atoms with Gasteiger partial charge in [0, 0.05) is 19.6 Å². The van der Waals surface area contributed by atoms with Crippen LogP contribution in [0.25, 0.3) is 5.69 Å². The number of nitrogens with zero attached hydrogens (tertiary/aromatic N) is 4. The van der Waals surface area contributed by atoms with Gasteiger partial charge in [0.1, 0.15) is 5.25 Å². The highest BCUT2D eigenvalue weighted by molar-refractivity contribution is 7.89. The molecule has 1 aliphatic rings. The van der Waals surface area contributed by atoms with Crippen molar-refractivity contribution in [3.63, 3.8) is 0 Å². The first-order valence-electron chi connectivity index (χ1n) is 6.23. The molecule has 0 radical (unpaired) electrons. The molecule has 1 saturated heterocycles. The molecule has 106 valence electrons. The lowest BCUT2D eigenvalue weighted by Crippen LogP contribution is -2.55. The summed E-state index contributed by atoms with van der Waals surface area (Å²) in [4.78, 5) is 2.01. The van der Waals surface area contributed by atoms with Gasteiger partial charge in [0.25, 0.3) is 0 Å². The zero-order valence-electron chi connectivity index (χ0n) is 10.8. The number of rotatable bonds is 4. The fraction of sp³-hybridized carbons (Fsp3) is 0.333. The molecular formula is C12H15N5O2S. The molecule has 7 nitrogen and oxygen atoms in total. The maximum absolute atomic E-state index is 11.2. The maximum Gasteiger partial charge on any atom is 0.214 e. The molecule has 0 amide bonds. The van der Waals surface area contributed by atoms with Crippen molar-refractivity contribution in [1.29, 1.82) is 0 Å². The van der Waals surface area contributed by atoms with Gasteiger partial charge < -0.3 is 0 Å². The molecule has 1 aromatic carbocycles. The minimum atomic E-state index is -3.42. The maximum atomic E-state index is 11.2. The number of nitrogens with two attached hydrogens (primary N) is 1. The van der Waals surface area contributed by atoms with E-state index in [1.165, 1.54) is 0 Å². The SMILES string of the molecule is NS(=O)(=O)C1CN(Cc2cnnn2-c2ccccc2)C1. The standard InChI is InChI=1S/C12H15N5O2S/c13-20(18,19)12-8-16(9-12)7-11-6-14-15-17(11)10-4-2-1-3-5-10/h1-6,12H,7-9H2,(H2,13,18,19). The smallest absolute Gasteiger partial charge is 0.214 e. The number of sulfonamides is 1. The molecule has 0 bridgehead atoms. The topological polar surface area (TPSA) is 94.1 Å². The van der Waals surface area contributed by atoms with Crippen LogP contribution in [0.1, 0.15) is 5.69 Å². The molecule has 3 rings (SSSR count). The van der Waals surface area contributed by atoms with Crippen molar-refractivity contribution in [1.82, 2.24) is 19.9 Å². The molecular weight excluding hydrogens is 278 g/mol. The summed E-state index contributed by atoms with van der Waals surface area (Å²) in [7, 11) is -3.42. The lowest BCUT2D eigenvalue weighted by Gasteiger charge is -2.37. The number of primary sulfonamides is 1. The summed E-state index contributed by atoms with van der Waals surface area (Å²) in [6.45, 7) is 1.52. The van der Waals surface area contributed by atoms with Gasteiger partial charge in [-0.2, -0.15) is 0 Å². The Balaban J connectivity index is 1.71. The van der Waals surface area contributed by atoms with E-state index in [0.29, 0.717) is 19.6 Å². The molecule has 2 N–H and O–H groups in total. The number of para-hydroxylation sites is 1. The first-order valence-corrected chi connectivity index (χ1v) is 7.84. The van der Waals surface area contributed by atoms with E-state index < -0.39 is 15.3 Å². The highest BCUT2D eigenvalue weighted by Gasteiger charge is 2.35. The van der Waals surface area contributed by atoms with Crippen LogP contribution in [-0.2, 0) is 16.6 Å². The summed E-state index contributed by atoms with van der Waals surface area (Å²) in [6, 6.07) is 9.69. The molecule has 20 heavy (non-hydrogen) atoms. The summed E-state index contributed by atoms with van der Waals surface area (Å²) in [6.07, 6.45) is 1.69. The number of likely N-dealkylation sites (tertiary alicyclic amines) is 1. The minimum Gasteiger partial charge on any atom is -0.295 e. The molecule has 0 atom stereocenters. The Morgan fingerprint density at radius 1 is 1.25 bits per heavy atom. The predicted octanol–water partition coefficient (Wildman–Crippen LogP) is -0.260. The van der Waals surface area contributed by atoms with E-state index >= 15 is 0 Å². The van der Waals surface area contributed by atoms with Gasteiger partial charge in [0.15, 0.2) is 0 Å². The average molecular weight is 293 g/mol. The number of aromatic nitrogens is 3. The quantitative estimate of drug-likeness (QED) is 0.838. The Hall–Kier alpha value is -1.77. The van der Waals surface area contributed by atoms with Crippen LogP contribution in [0.4, 0.5) is 0 Å². The summed E-state index contributed by atoms with van der Waals surface area (Å²) in [5.41, 5.74) is 1.85. The van der Waals surface area contributed by atoms with Gasteiger partial charge in [-0.25, -0.2) is 18.2 Å². The Labute approximate surface area is 117 Å². The Morgan fingerprint density at radius 2 is 1.95 bits per heavy atom. The van der Waals surface area contributed by atoms with Gasteiger partial charge in [-0.3, -0.25) is 4.90 Å². The summed E-state index contributed by atoms with van der Waals surface area (Å²) in [5.74, 6) is 0. The van der Waals surface area contributed by atoms with Crippen LogP contribution in [0.15, 0.2) is 36.5 Å². The van der Waals surface area contributed by atoms with E-state index in [0.717, 1.165) is 11.4 Å². The van der Waals surface area contributed by atoms with Crippen molar-refractivity contribution >= 4 is 10.0 Å². The minimum absolute atomic E-state index is 0.455. The second-order valence-electron chi connectivity index (χ2n) is 4.88. The monoisotopic (exact) mass is 293 g/mol. The average Bonchev–Trinajstić information content (AvgIpc) is 2.81. The largest absolute Gasteiger partial charge is 0.295 e. The van der Waals surface area contributed by atoms with E-state index in [4.69, 9.17) is 5.14 Å². The molecule has 1 aromatic heterocycles. The van der Waals surface area contributed by atoms with Gasteiger partial charge in [0.2, 0.25) is 10.0 Å². The van der Waals surface area contributed by atoms with Crippen LogP contribution < -0.4 is 5.14 Å². The molecule has 1 aliphatic heterocycles. The van der Waals surface area contributed by atoms with Crippen LogP contribution in [0, 0.1) is 0 Å². The van der Waals surface area contributed by atoms with E-state index in [-0.39, 0.29) is 0 Å². The molecule has 2 heterocycles. The number of benzene rings is 1. The zero-order valence-corrected chi connectivity index (χ0v) is 11.6. The molecule has 8 heteroatoms. The van der Waals surface area contributed by atoms with Crippen LogP contribution in [0.3, 0.4) is 0 Å². The molecule has 0 unspecified atom stereocenters. The molecule has 2 aromatic rings. The molecule has 0 aliphatic carbocycles. The highest BCUT2D eigenvalue weighted by atomic mass is 32.2. The van der Waals surface area contributed by atoms with E-state index in [1.807, 2.05) is 35.2 Å². The van der Waals surface area contributed by atoms with Crippen molar-refractivity contribution in [2.45, 2.75) is 11.8 Å². The zero-order chi connectivity index (χ0) is 14.2. The second kappa shape index (κ2) is 4.97. The Bertz CT molecular complexity index is 692. The van der Waals surface area contributed by atoms with Gasteiger partial charge in [-0.1, -0.05) is 23.4 Å². The first kappa shape index (κ1) is 13.2. The molecule has 0 spiro atoms. The molecule has 1 fully saturated rings. The van der Waals surface area contributed by atoms with Crippen LogP contribution in [0.5, 0.6) is 0 Å². The lowest BCUT2D eigenvalue weighted by molar-refractivity contribution is 0.172. The van der Waals surface area contributed by atoms with Gasteiger partial charge >= 0.3 is 0 Å². The third-order valence-corrected chi connectivity index (χ3v) is 4.62. The fourth-order valence-electron chi connectivity index (χ4n) is 2.24. The predicted molar refractivity (Wildman–Crippen MR) is 73.5 cm³/mol. The summed E-state index contributed by atoms with van der Waals surface area (Å²) in [5, 5.41) is 12.6. The Kier molecular flexibility index (Phi) is 3.28. The van der Waals surface area contributed by atoms with Crippen molar-refractivity contribution in [2.75, 3.05) is 13.1 Å². The highest BCUT2D eigenvalue weighted by Crippen LogP contribution is 2.18. The van der Waals surface area contributed by atoms with Crippen LogP contribution in [0.2, 0.25) is 0 Å². The van der Waals surface area contributed by atoms with Crippen molar-refractivity contribution in [3.8, 4) is 5.69 Å². The third-order valence-electron chi connectivity index (χ3n) is 3.39. The summed E-state index contributed by atoms with van der Waals surface area (Å²) < 4.78 is 24.1. The van der Waals surface area contributed by atoms with Crippen molar-refractivity contribution < 1.29 is 8.42 Å². The third kappa shape index (κ3) is 2.58. The van der Waals surface area contributed by atoms with E-state index in [9.17, 15) is 8.42 Å². The van der Waals surface area contributed by atoms with E-state index in [2.05, 4.69) is 10.3 Å². The normalized spacial score (nSPS) is 17.1.